The number of hydrogen-bond acceptors (Lipinski definition) is 0. The fourth-order valence-electron chi connectivity index (χ4n) is 0. The zero-order chi connectivity index (χ0) is 0. The van der Waals surface area contributed by atoms with Gasteiger partial charge in [0.15, 0.2) is 0 Å². The fraction of sp³-hybridized carbons (Fsp3) is 0. The van der Waals surface area contributed by atoms with Crippen molar-refractivity contribution in [3.05, 3.63) is 0 Å². The van der Waals surface area contributed by atoms with Crippen molar-refractivity contribution in [3.63, 3.8) is 0 Å². The molecule has 0 nitrogen and oxygen atoms in total. The summed E-state index contributed by atoms with van der Waals surface area (Å²) in [6.07, 6.45) is 0. The number of hydrogen-bond donors (Lipinski definition) is 0. The van der Waals surface area contributed by atoms with Crippen LogP contribution in [0.5, 0.6) is 0 Å². The van der Waals surface area contributed by atoms with E-state index < -0.39 is 0 Å². The summed E-state index contributed by atoms with van der Waals surface area (Å²) < 4.78 is 0. The quantitative estimate of drug-likeness (QED) is 0.296. The fourth-order valence-corrected chi connectivity index (χ4v) is 0. The van der Waals surface area contributed by atoms with Crippen molar-refractivity contribution in [3.8, 4) is 0 Å². The Hall–Kier alpha value is 0.926. The first-order valence-electron chi connectivity index (χ1n) is 0. The SMILES string of the molecule is [Al+3].[F-].[F-].[F-].[F-].[F-].[F-].[F-].[Zr+4]. The van der Waals surface area contributed by atoms with Gasteiger partial charge in [0.25, 0.3) is 0 Å². The summed E-state index contributed by atoms with van der Waals surface area (Å²) in [6, 6.07) is 0. The Labute approximate surface area is 76.6 Å². The van der Waals surface area contributed by atoms with Crippen molar-refractivity contribution in [2.45, 2.75) is 0 Å². The smallest absolute Gasteiger partial charge is 1.00 e. The van der Waals surface area contributed by atoms with Crippen LogP contribution < -0.4 is 32.9 Å². The van der Waals surface area contributed by atoms with Gasteiger partial charge in [-0.2, -0.15) is 0 Å². The minimum Gasteiger partial charge on any atom is -1.00 e. The van der Waals surface area contributed by atoms with E-state index in [9.17, 15) is 0 Å². The molecule has 0 fully saturated rings. The van der Waals surface area contributed by atoms with Crippen molar-refractivity contribution < 1.29 is 59.1 Å². The monoisotopic (exact) mass is 250 g/mol. The van der Waals surface area contributed by atoms with Gasteiger partial charge in [-0.1, -0.05) is 0 Å². The van der Waals surface area contributed by atoms with Gasteiger partial charge in [0, 0.05) is 0 Å². The molecule has 0 saturated heterocycles. The summed E-state index contributed by atoms with van der Waals surface area (Å²) in [5.41, 5.74) is 0. The van der Waals surface area contributed by atoms with Crippen LogP contribution in [-0.2, 0) is 26.2 Å². The predicted octanol–water partition coefficient (Wildman–Crippen LogP) is -21.4. The van der Waals surface area contributed by atoms with Crippen LogP contribution in [0.4, 0.5) is 0 Å². The molecule has 0 aliphatic heterocycles. The molecule has 56 valence electrons. The van der Waals surface area contributed by atoms with Crippen LogP contribution >= 0.6 is 0 Å². The van der Waals surface area contributed by atoms with E-state index in [-0.39, 0.29) is 76.5 Å². The third-order valence-electron chi connectivity index (χ3n) is 0. The third-order valence-corrected chi connectivity index (χ3v) is 0. The second-order valence-electron chi connectivity index (χ2n) is 0. The van der Waals surface area contributed by atoms with Crippen LogP contribution in [0.25, 0.3) is 0 Å². The summed E-state index contributed by atoms with van der Waals surface area (Å²) in [6.45, 7) is 0. The molecule has 0 aliphatic carbocycles. The first-order valence-corrected chi connectivity index (χ1v) is 0. The van der Waals surface area contributed by atoms with E-state index in [1.54, 1.807) is 0 Å². The molecule has 0 aromatic rings. The summed E-state index contributed by atoms with van der Waals surface area (Å²) in [4.78, 5) is 0. The van der Waals surface area contributed by atoms with Crippen LogP contribution in [0.1, 0.15) is 0 Å². The second-order valence-corrected chi connectivity index (χ2v) is 0. The Morgan fingerprint density at radius 1 is 0.333 bits per heavy atom. The van der Waals surface area contributed by atoms with E-state index in [0.29, 0.717) is 0 Å². The van der Waals surface area contributed by atoms with Gasteiger partial charge in [-0.15, -0.1) is 0 Å². The topological polar surface area (TPSA) is 0 Å². The van der Waals surface area contributed by atoms with Gasteiger partial charge in [0.05, 0.1) is 0 Å². The zero-order valence-corrected chi connectivity index (χ0v) is 7.34. The molecule has 0 radical (unpaired) electrons. The summed E-state index contributed by atoms with van der Waals surface area (Å²) in [5.74, 6) is 0. The van der Waals surface area contributed by atoms with E-state index in [1.165, 1.54) is 0 Å². The molecule has 0 bridgehead atoms. The van der Waals surface area contributed by atoms with E-state index >= 15 is 0 Å². The third kappa shape index (κ3) is 500. The molecule has 0 saturated carbocycles. The summed E-state index contributed by atoms with van der Waals surface area (Å²) in [5, 5.41) is 0. The van der Waals surface area contributed by atoms with Gasteiger partial charge in [-0.25, -0.2) is 0 Å². The molecule has 0 rings (SSSR count). The molecule has 0 N–H and O–H groups in total. The maximum absolute atomic E-state index is 0. The number of rotatable bonds is 0. The van der Waals surface area contributed by atoms with E-state index in [1.807, 2.05) is 0 Å². The van der Waals surface area contributed by atoms with E-state index in [0.717, 1.165) is 0 Å². The van der Waals surface area contributed by atoms with Gasteiger partial charge in [0.2, 0.25) is 0 Å². The molecule has 0 amide bonds. The van der Waals surface area contributed by atoms with Crippen LogP contribution in [0.15, 0.2) is 0 Å². The molecule has 9 heteroatoms. The van der Waals surface area contributed by atoms with Gasteiger partial charge >= 0.3 is 43.6 Å². The Balaban J connectivity index is 0. The van der Waals surface area contributed by atoms with Gasteiger partial charge in [0.1, 0.15) is 0 Å². The average molecular weight is 251 g/mol. The molecule has 0 atom stereocenters. The summed E-state index contributed by atoms with van der Waals surface area (Å²) >= 11 is 0. The van der Waals surface area contributed by atoms with Gasteiger partial charge in [-0.3, -0.25) is 0 Å². The van der Waals surface area contributed by atoms with Crippen LogP contribution in [0.3, 0.4) is 0 Å². The molecule has 0 spiro atoms. The second kappa shape index (κ2) is 654. The summed E-state index contributed by atoms with van der Waals surface area (Å²) in [7, 11) is 0. The molecule has 0 unspecified atom stereocenters. The van der Waals surface area contributed by atoms with Crippen molar-refractivity contribution in [2.24, 2.45) is 0 Å². The van der Waals surface area contributed by atoms with Crippen LogP contribution in [0, 0.1) is 0 Å². The largest absolute Gasteiger partial charge is 4.00 e. The molecule has 9 heavy (non-hydrogen) atoms. The minimum atomic E-state index is 0. The van der Waals surface area contributed by atoms with E-state index in [4.69, 9.17) is 0 Å². The van der Waals surface area contributed by atoms with Crippen LogP contribution in [0.2, 0.25) is 0 Å². The Bertz CT molecular complexity index is 8.88. The van der Waals surface area contributed by atoms with Crippen molar-refractivity contribution in [1.29, 1.82) is 0 Å². The van der Waals surface area contributed by atoms with Gasteiger partial charge in [-0.05, 0) is 0 Å². The molecule has 0 aromatic carbocycles. The van der Waals surface area contributed by atoms with Crippen LogP contribution in [-0.4, -0.2) is 17.4 Å². The molecule has 0 heterocycles. The first-order chi connectivity index (χ1) is 0. The predicted molar refractivity (Wildman–Crippen MR) is 5.75 cm³/mol. The number of halogens is 7. The Morgan fingerprint density at radius 2 is 0.333 bits per heavy atom. The minimum absolute atomic E-state index is 0. The molecular weight excluding hydrogens is 251 g/mol. The molecule has 0 aromatic heterocycles. The van der Waals surface area contributed by atoms with Crippen molar-refractivity contribution in [2.75, 3.05) is 0 Å². The maximum atomic E-state index is 0. The maximum Gasteiger partial charge on any atom is 4.00 e. The zero-order valence-electron chi connectivity index (χ0n) is 3.72. The van der Waals surface area contributed by atoms with Gasteiger partial charge < -0.3 is 32.9 Å². The molecule has 0 aliphatic rings. The Morgan fingerprint density at radius 3 is 0.333 bits per heavy atom. The standard InChI is InChI=1S/Al.7FH.Zr/h;7*1H;/q+3;;;;;;;;+4/p-7. The first kappa shape index (κ1) is 923. The normalized spacial score (nSPS) is 0. The van der Waals surface area contributed by atoms with Crippen molar-refractivity contribution >= 4 is 17.4 Å². The average Bonchev–Trinajstić information content (AvgIpc) is 0. The Kier molecular flexibility index (Phi) is 67100. The van der Waals surface area contributed by atoms with Crippen molar-refractivity contribution in [1.82, 2.24) is 0 Å². The molecular formula is AlF7Zr. The van der Waals surface area contributed by atoms with E-state index in [2.05, 4.69) is 0 Å².